The Morgan fingerprint density at radius 3 is 2.30 bits per heavy atom. The molecular weight excluding hydrogens is 357 g/mol. The second-order valence-electron chi connectivity index (χ2n) is 6.56. The maximum atomic E-state index is 13.2. The third kappa shape index (κ3) is 4.54. The first-order chi connectivity index (χ1) is 12.9. The molecule has 3 rings (SSSR count). The van der Waals surface area contributed by atoms with Crippen LogP contribution in [0.25, 0.3) is 0 Å². The molecule has 0 aliphatic carbocycles. The number of methoxy groups -OCH3 is 1. The average Bonchev–Trinajstić information content (AvgIpc) is 2.68. The van der Waals surface area contributed by atoms with Gasteiger partial charge >= 0.3 is 6.18 Å². The first-order valence-corrected chi connectivity index (χ1v) is 8.84. The fourth-order valence-corrected chi connectivity index (χ4v) is 3.45. The maximum absolute atomic E-state index is 13.2. The fraction of sp³-hybridized carbons (Fsp3) is 0.400. The van der Waals surface area contributed by atoms with E-state index < -0.39 is 17.8 Å². The van der Waals surface area contributed by atoms with Crippen LogP contribution in [-0.4, -0.2) is 49.8 Å². The molecule has 0 bridgehead atoms. The molecule has 7 heteroatoms. The van der Waals surface area contributed by atoms with E-state index >= 15 is 0 Å². The lowest BCUT2D eigenvalue weighted by molar-refractivity contribution is -0.139. The molecule has 1 fully saturated rings. The number of aliphatic hydroxyl groups is 1. The van der Waals surface area contributed by atoms with Gasteiger partial charge in [-0.3, -0.25) is 4.90 Å². The number of nitrogens with zero attached hydrogens (tertiary/aromatic N) is 2. The number of hydrogen-bond donors (Lipinski definition) is 1. The number of aliphatic hydroxyl groups excluding tert-OH is 1. The normalized spacial score (nSPS) is 17.0. The summed E-state index contributed by atoms with van der Waals surface area (Å²) in [4.78, 5) is 4.18. The molecule has 0 spiro atoms. The molecule has 1 saturated heterocycles. The fourth-order valence-electron chi connectivity index (χ4n) is 3.45. The van der Waals surface area contributed by atoms with Gasteiger partial charge in [0.05, 0.1) is 24.5 Å². The lowest BCUT2D eigenvalue weighted by atomic mass is 10.0. The average molecular weight is 380 g/mol. The molecule has 1 heterocycles. The third-order valence-corrected chi connectivity index (χ3v) is 4.85. The Labute approximate surface area is 156 Å². The number of halogens is 3. The van der Waals surface area contributed by atoms with Crippen LogP contribution in [0.15, 0.2) is 48.5 Å². The van der Waals surface area contributed by atoms with E-state index in [1.165, 1.54) is 18.2 Å². The molecule has 0 saturated carbocycles. The predicted octanol–water partition coefficient (Wildman–Crippen LogP) is 3.57. The highest BCUT2D eigenvalue weighted by Crippen LogP contribution is 2.35. The monoisotopic (exact) mass is 380 g/mol. The zero-order valence-electron chi connectivity index (χ0n) is 15.1. The van der Waals surface area contributed by atoms with E-state index in [0.29, 0.717) is 26.2 Å². The summed E-state index contributed by atoms with van der Waals surface area (Å²) in [6, 6.07) is 13.0. The zero-order chi connectivity index (χ0) is 19.4. The standard InChI is InChI=1S/C20H23F3N2O2/c1-27-19-9-5-4-8-17(19)25-12-10-24(11-13-25)14-18(26)15-6-2-3-7-16(15)20(21,22)23/h2-9,18,26H,10-14H2,1H3/t18-/m1/s1. The van der Waals surface area contributed by atoms with Gasteiger partial charge in [0.1, 0.15) is 5.75 Å². The summed E-state index contributed by atoms with van der Waals surface area (Å²) in [6.07, 6.45) is -5.65. The SMILES string of the molecule is COc1ccccc1N1CCN(C[C@@H](O)c2ccccc2C(F)(F)F)CC1. The third-order valence-electron chi connectivity index (χ3n) is 4.85. The molecule has 2 aromatic rings. The molecule has 0 unspecified atom stereocenters. The molecule has 1 aliphatic heterocycles. The number of β-amino-alcohol motifs (C(OH)–C–C–N with tert-alkyl or cyclic N) is 1. The number of hydrogen-bond acceptors (Lipinski definition) is 4. The van der Waals surface area contributed by atoms with Gasteiger partial charge in [0.15, 0.2) is 0 Å². The van der Waals surface area contributed by atoms with Crippen LogP contribution in [0.5, 0.6) is 5.75 Å². The highest BCUT2D eigenvalue weighted by molar-refractivity contribution is 5.58. The molecular formula is C20H23F3N2O2. The minimum absolute atomic E-state index is 0.0721. The maximum Gasteiger partial charge on any atom is 0.416 e. The van der Waals surface area contributed by atoms with Gasteiger partial charge in [0.2, 0.25) is 0 Å². The number of para-hydroxylation sites is 2. The minimum Gasteiger partial charge on any atom is -0.495 e. The minimum atomic E-state index is -4.47. The van der Waals surface area contributed by atoms with Gasteiger partial charge in [0.25, 0.3) is 0 Å². The van der Waals surface area contributed by atoms with E-state index in [2.05, 4.69) is 4.90 Å². The van der Waals surface area contributed by atoms with Crippen molar-refractivity contribution in [3.05, 3.63) is 59.7 Å². The molecule has 1 N–H and O–H groups in total. The summed E-state index contributed by atoms with van der Waals surface area (Å²) in [5, 5.41) is 10.4. The van der Waals surface area contributed by atoms with Crippen LogP contribution in [0, 0.1) is 0 Å². The number of alkyl halides is 3. The van der Waals surface area contributed by atoms with Crippen molar-refractivity contribution in [3.63, 3.8) is 0 Å². The van der Waals surface area contributed by atoms with E-state index in [1.807, 2.05) is 29.2 Å². The van der Waals surface area contributed by atoms with Crippen molar-refractivity contribution in [2.45, 2.75) is 12.3 Å². The number of benzene rings is 2. The van der Waals surface area contributed by atoms with Crippen LogP contribution in [0.2, 0.25) is 0 Å². The summed E-state index contributed by atoms with van der Waals surface area (Å²) in [6.45, 7) is 2.92. The Balaban J connectivity index is 1.63. The largest absolute Gasteiger partial charge is 0.495 e. The zero-order valence-corrected chi connectivity index (χ0v) is 15.1. The van der Waals surface area contributed by atoms with Gasteiger partial charge in [-0.25, -0.2) is 0 Å². The van der Waals surface area contributed by atoms with E-state index in [4.69, 9.17) is 4.74 Å². The first kappa shape index (κ1) is 19.5. The Hall–Kier alpha value is -2.25. The number of ether oxygens (including phenoxy) is 1. The topological polar surface area (TPSA) is 35.9 Å². The van der Waals surface area contributed by atoms with Gasteiger partial charge in [-0.1, -0.05) is 30.3 Å². The van der Waals surface area contributed by atoms with Crippen molar-refractivity contribution >= 4 is 5.69 Å². The van der Waals surface area contributed by atoms with Crippen LogP contribution in [0.1, 0.15) is 17.2 Å². The van der Waals surface area contributed by atoms with Gasteiger partial charge in [0, 0.05) is 32.7 Å². The van der Waals surface area contributed by atoms with Gasteiger partial charge in [-0.15, -0.1) is 0 Å². The van der Waals surface area contributed by atoms with E-state index in [1.54, 1.807) is 7.11 Å². The van der Waals surface area contributed by atoms with Crippen molar-refractivity contribution in [2.75, 3.05) is 44.7 Å². The van der Waals surface area contributed by atoms with Crippen molar-refractivity contribution in [2.24, 2.45) is 0 Å². The van der Waals surface area contributed by atoms with Gasteiger partial charge in [-0.2, -0.15) is 13.2 Å². The molecule has 146 valence electrons. The lowest BCUT2D eigenvalue weighted by Gasteiger charge is -2.37. The molecule has 0 radical (unpaired) electrons. The highest BCUT2D eigenvalue weighted by Gasteiger charge is 2.35. The molecule has 2 aromatic carbocycles. The number of piperazine rings is 1. The summed E-state index contributed by atoms with van der Waals surface area (Å²) < 4.78 is 44.9. The van der Waals surface area contributed by atoms with Crippen LogP contribution >= 0.6 is 0 Å². The number of rotatable bonds is 5. The molecule has 1 atom stereocenters. The summed E-state index contributed by atoms with van der Waals surface area (Å²) in [5.41, 5.74) is 0.157. The second kappa shape index (κ2) is 8.19. The second-order valence-corrected chi connectivity index (χ2v) is 6.56. The quantitative estimate of drug-likeness (QED) is 0.860. The van der Waals surface area contributed by atoms with E-state index in [-0.39, 0.29) is 12.1 Å². The molecule has 27 heavy (non-hydrogen) atoms. The summed E-state index contributed by atoms with van der Waals surface area (Å²) >= 11 is 0. The van der Waals surface area contributed by atoms with E-state index in [0.717, 1.165) is 17.5 Å². The first-order valence-electron chi connectivity index (χ1n) is 8.84. The molecule has 0 amide bonds. The van der Waals surface area contributed by atoms with Crippen molar-refractivity contribution in [1.29, 1.82) is 0 Å². The smallest absolute Gasteiger partial charge is 0.416 e. The van der Waals surface area contributed by atoms with Crippen LogP contribution in [-0.2, 0) is 6.18 Å². The molecule has 4 nitrogen and oxygen atoms in total. The van der Waals surface area contributed by atoms with Crippen molar-refractivity contribution in [1.82, 2.24) is 4.90 Å². The van der Waals surface area contributed by atoms with Crippen molar-refractivity contribution in [3.8, 4) is 5.75 Å². The van der Waals surface area contributed by atoms with Gasteiger partial charge < -0.3 is 14.7 Å². The number of anilines is 1. The van der Waals surface area contributed by atoms with Crippen LogP contribution in [0.4, 0.5) is 18.9 Å². The Morgan fingerprint density at radius 2 is 1.63 bits per heavy atom. The van der Waals surface area contributed by atoms with Crippen LogP contribution in [0.3, 0.4) is 0 Å². The molecule has 1 aliphatic rings. The summed E-state index contributed by atoms with van der Waals surface area (Å²) in [7, 11) is 1.63. The Kier molecular flexibility index (Phi) is 5.92. The molecule has 0 aromatic heterocycles. The Morgan fingerprint density at radius 1 is 1.00 bits per heavy atom. The highest BCUT2D eigenvalue weighted by atomic mass is 19.4. The van der Waals surface area contributed by atoms with Crippen molar-refractivity contribution < 1.29 is 23.0 Å². The Bertz CT molecular complexity index is 759. The van der Waals surface area contributed by atoms with E-state index in [9.17, 15) is 18.3 Å². The van der Waals surface area contributed by atoms with Crippen LogP contribution < -0.4 is 9.64 Å². The lowest BCUT2D eigenvalue weighted by Crippen LogP contribution is -2.47. The predicted molar refractivity (Wildman–Crippen MR) is 98.1 cm³/mol. The summed E-state index contributed by atoms with van der Waals surface area (Å²) in [5.74, 6) is 0.796. The van der Waals surface area contributed by atoms with Gasteiger partial charge in [-0.05, 0) is 23.8 Å².